The van der Waals surface area contributed by atoms with Gasteiger partial charge in [0.15, 0.2) is 0 Å². The fourth-order valence-electron chi connectivity index (χ4n) is 1.87. The highest BCUT2D eigenvalue weighted by atomic mass is 32.1. The normalized spacial score (nSPS) is 13.4. The predicted molar refractivity (Wildman–Crippen MR) is 83.7 cm³/mol. The molecule has 0 saturated carbocycles. The Labute approximate surface area is 130 Å². The van der Waals surface area contributed by atoms with E-state index >= 15 is 0 Å². The van der Waals surface area contributed by atoms with Crippen LogP contribution >= 0.6 is 11.3 Å². The van der Waals surface area contributed by atoms with E-state index in [4.69, 9.17) is 5.73 Å². The third kappa shape index (κ3) is 3.41. The molecule has 0 bridgehead atoms. The van der Waals surface area contributed by atoms with Gasteiger partial charge >= 0.3 is 0 Å². The fourth-order valence-corrected chi connectivity index (χ4v) is 2.66. The monoisotopic (exact) mass is 321 g/mol. The number of nitrogens with two attached hydrogens (primary N) is 1. The Kier molecular flexibility index (Phi) is 4.43. The molecule has 2 aromatic rings. The molecule has 116 valence electrons. The molecular formula is C14H15N3O4S. The lowest BCUT2D eigenvalue weighted by molar-refractivity contribution is -0.383. The van der Waals surface area contributed by atoms with Crippen LogP contribution in [0.2, 0.25) is 0 Å². The molecule has 2 rings (SSSR count). The van der Waals surface area contributed by atoms with Gasteiger partial charge < -0.3 is 16.2 Å². The molecule has 1 heterocycles. The molecule has 0 aliphatic rings. The topological polar surface area (TPSA) is 118 Å². The van der Waals surface area contributed by atoms with Crippen molar-refractivity contribution in [2.75, 3.05) is 12.3 Å². The summed E-state index contributed by atoms with van der Waals surface area (Å²) in [6, 6.07) is 7.40. The first-order valence-electron chi connectivity index (χ1n) is 6.40. The van der Waals surface area contributed by atoms with Crippen molar-refractivity contribution < 1.29 is 14.8 Å². The summed E-state index contributed by atoms with van der Waals surface area (Å²) in [6.45, 7) is 1.58. The molecule has 1 amide bonds. The van der Waals surface area contributed by atoms with Crippen LogP contribution in [0.25, 0.3) is 0 Å². The van der Waals surface area contributed by atoms with Crippen LogP contribution < -0.4 is 11.1 Å². The van der Waals surface area contributed by atoms with Gasteiger partial charge in [0.25, 0.3) is 11.6 Å². The summed E-state index contributed by atoms with van der Waals surface area (Å²) in [7, 11) is 0. The zero-order valence-electron chi connectivity index (χ0n) is 11.8. The van der Waals surface area contributed by atoms with Crippen molar-refractivity contribution in [3.05, 3.63) is 56.3 Å². The number of rotatable bonds is 5. The summed E-state index contributed by atoms with van der Waals surface area (Å²) in [5.41, 5.74) is 4.07. The number of nitro benzene ring substituents is 1. The lowest BCUT2D eigenvalue weighted by Gasteiger charge is -2.22. The van der Waals surface area contributed by atoms with E-state index in [1.807, 2.05) is 5.38 Å². The second kappa shape index (κ2) is 6.12. The number of amides is 1. The van der Waals surface area contributed by atoms with E-state index in [0.717, 1.165) is 10.9 Å². The van der Waals surface area contributed by atoms with Gasteiger partial charge in [0.2, 0.25) is 0 Å². The molecule has 0 aliphatic carbocycles. The SMILES string of the molecule is CC(O)(CNC(=O)c1ccc(N)c([N+](=O)[O-])c1)c1cccs1. The van der Waals surface area contributed by atoms with Crippen molar-refractivity contribution in [2.45, 2.75) is 12.5 Å². The summed E-state index contributed by atoms with van der Waals surface area (Å²) in [5.74, 6) is -0.514. The van der Waals surface area contributed by atoms with E-state index in [9.17, 15) is 20.0 Å². The van der Waals surface area contributed by atoms with Crippen LogP contribution in [0.5, 0.6) is 0 Å². The molecule has 0 radical (unpaired) electrons. The zero-order chi connectivity index (χ0) is 16.3. The zero-order valence-corrected chi connectivity index (χ0v) is 12.6. The van der Waals surface area contributed by atoms with Crippen LogP contribution in [0.4, 0.5) is 11.4 Å². The van der Waals surface area contributed by atoms with Gasteiger partial charge in [-0.25, -0.2) is 0 Å². The number of nitrogens with one attached hydrogen (secondary N) is 1. The van der Waals surface area contributed by atoms with Gasteiger partial charge in [-0.2, -0.15) is 0 Å². The molecule has 8 heteroatoms. The van der Waals surface area contributed by atoms with Gasteiger partial charge in [0.05, 0.1) is 11.5 Å². The average Bonchev–Trinajstić information content (AvgIpc) is 3.00. The van der Waals surface area contributed by atoms with E-state index in [-0.39, 0.29) is 23.5 Å². The summed E-state index contributed by atoms with van der Waals surface area (Å²) in [4.78, 5) is 23.0. The van der Waals surface area contributed by atoms with Crippen LogP contribution in [0.1, 0.15) is 22.2 Å². The minimum Gasteiger partial charge on any atom is -0.393 e. The summed E-state index contributed by atoms with van der Waals surface area (Å²) >= 11 is 1.38. The van der Waals surface area contributed by atoms with Gasteiger partial charge in [-0.1, -0.05) is 6.07 Å². The minimum absolute atomic E-state index is 0.00729. The van der Waals surface area contributed by atoms with Crippen molar-refractivity contribution in [1.82, 2.24) is 5.32 Å². The van der Waals surface area contributed by atoms with Gasteiger partial charge in [-0.05, 0) is 30.5 Å². The van der Waals surface area contributed by atoms with Crippen LogP contribution in [-0.2, 0) is 5.60 Å². The Morgan fingerprint density at radius 2 is 2.23 bits per heavy atom. The third-order valence-electron chi connectivity index (χ3n) is 3.13. The molecule has 1 atom stereocenters. The first-order valence-corrected chi connectivity index (χ1v) is 7.28. The lowest BCUT2D eigenvalue weighted by atomic mass is 10.0. The molecule has 22 heavy (non-hydrogen) atoms. The Hall–Kier alpha value is -2.45. The number of nitro groups is 1. The molecule has 7 nitrogen and oxygen atoms in total. The maximum atomic E-state index is 12.1. The number of anilines is 1. The largest absolute Gasteiger partial charge is 0.393 e. The molecule has 0 saturated heterocycles. The Morgan fingerprint density at radius 3 is 2.82 bits per heavy atom. The predicted octanol–water partition coefficient (Wildman–Crippen LogP) is 1.88. The van der Waals surface area contributed by atoms with Gasteiger partial charge in [0, 0.05) is 16.5 Å². The number of aliphatic hydroxyl groups is 1. The number of benzene rings is 1. The number of nitrogen functional groups attached to an aromatic ring is 1. The molecule has 1 aromatic carbocycles. The molecule has 1 unspecified atom stereocenters. The van der Waals surface area contributed by atoms with Crippen LogP contribution in [0, 0.1) is 10.1 Å². The number of carbonyl (C=O) groups excluding carboxylic acids is 1. The van der Waals surface area contributed by atoms with Crippen LogP contribution in [-0.4, -0.2) is 22.5 Å². The van der Waals surface area contributed by atoms with Gasteiger partial charge in [0.1, 0.15) is 11.3 Å². The van der Waals surface area contributed by atoms with Crippen molar-refractivity contribution in [3.8, 4) is 0 Å². The van der Waals surface area contributed by atoms with Crippen LogP contribution in [0.15, 0.2) is 35.7 Å². The number of carbonyl (C=O) groups is 1. The van der Waals surface area contributed by atoms with Crippen molar-refractivity contribution >= 4 is 28.6 Å². The minimum atomic E-state index is -1.20. The maximum Gasteiger partial charge on any atom is 0.292 e. The first kappa shape index (κ1) is 15.9. The highest BCUT2D eigenvalue weighted by Crippen LogP contribution is 2.25. The smallest absolute Gasteiger partial charge is 0.292 e. The highest BCUT2D eigenvalue weighted by molar-refractivity contribution is 7.10. The van der Waals surface area contributed by atoms with E-state index in [1.165, 1.54) is 23.5 Å². The second-order valence-electron chi connectivity index (χ2n) is 4.96. The standard InChI is InChI=1S/C14H15N3O4S/c1-14(19,12-3-2-6-22-12)8-16-13(18)9-4-5-10(15)11(7-9)17(20)21/h2-7,19H,8,15H2,1H3,(H,16,18). The molecule has 1 aromatic heterocycles. The summed E-state index contributed by atoms with van der Waals surface area (Å²) in [5, 5.41) is 25.5. The van der Waals surface area contributed by atoms with Crippen molar-refractivity contribution in [3.63, 3.8) is 0 Å². The summed E-state index contributed by atoms with van der Waals surface area (Å²) in [6.07, 6.45) is 0. The molecule has 0 aliphatic heterocycles. The maximum absolute atomic E-state index is 12.1. The van der Waals surface area contributed by atoms with E-state index < -0.39 is 16.4 Å². The molecule has 0 fully saturated rings. The number of nitrogens with zero attached hydrogens (tertiary/aromatic N) is 1. The van der Waals surface area contributed by atoms with E-state index in [1.54, 1.807) is 19.1 Å². The fraction of sp³-hybridized carbons (Fsp3) is 0.214. The number of hydrogen-bond acceptors (Lipinski definition) is 6. The Balaban J connectivity index is 2.10. The van der Waals surface area contributed by atoms with Crippen molar-refractivity contribution in [1.29, 1.82) is 0 Å². The quantitative estimate of drug-likeness (QED) is 0.441. The first-order chi connectivity index (χ1) is 10.3. The molecule has 4 N–H and O–H groups in total. The number of hydrogen-bond donors (Lipinski definition) is 3. The summed E-state index contributed by atoms with van der Waals surface area (Å²) < 4.78 is 0. The van der Waals surface area contributed by atoms with Gasteiger partial charge in [-0.3, -0.25) is 14.9 Å². The Bertz CT molecular complexity index is 698. The van der Waals surface area contributed by atoms with Crippen molar-refractivity contribution in [2.24, 2.45) is 0 Å². The molecule has 0 spiro atoms. The third-order valence-corrected chi connectivity index (χ3v) is 4.26. The average molecular weight is 321 g/mol. The Morgan fingerprint density at radius 1 is 1.50 bits per heavy atom. The van der Waals surface area contributed by atoms with E-state index in [0.29, 0.717) is 0 Å². The van der Waals surface area contributed by atoms with E-state index in [2.05, 4.69) is 5.32 Å². The van der Waals surface area contributed by atoms with Gasteiger partial charge in [-0.15, -0.1) is 11.3 Å². The molecular weight excluding hydrogens is 306 g/mol. The highest BCUT2D eigenvalue weighted by Gasteiger charge is 2.25. The van der Waals surface area contributed by atoms with Crippen LogP contribution in [0.3, 0.4) is 0 Å². The number of thiophene rings is 1. The lowest BCUT2D eigenvalue weighted by Crippen LogP contribution is -2.38. The second-order valence-corrected chi connectivity index (χ2v) is 5.91.